The molecule has 1 N–H and O–H groups in total. The number of pyridine rings is 1. The number of benzene rings is 1. The Hall–Kier alpha value is -1.53. The van der Waals surface area contributed by atoms with Crippen molar-refractivity contribution in [2.24, 2.45) is 5.41 Å². The number of rotatable bonds is 6. The number of aromatic nitrogens is 1. The van der Waals surface area contributed by atoms with Gasteiger partial charge in [0.1, 0.15) is 11.0 Å². The average Bonchev–Trinajstić information content (AvgIpc) is 2.80. The number of fused-ring (bicyclic) bond motifs is 1. The van der Waals surface area contributed by atoms with E-state index in [1.54, 1.807) is 0 Å². The topological polar surface area (TPSA) is 51.6 Å². The van der Waals surface area contributed by atoms with Crippen LogP contribution in [0.5, 0.6) is 0 Å². The van der Waals surface area contributed by atoms with Gasteiger partial charge in [0.25, 0.3) is 0 Å². The van der Waals surface area contributed by atoms with Gasteiger partial charge in [0.05, 0.1) is 11.8 Å². The van der Waals surface area contributed by atoms with E-state index < -0.39 is 29.5 Å². The third-order valence-corrected chi connectivity index (χ3v) is 14.8. The van der Waals surface area contributed by atoms with Gasteiger partial charge >= 0.3 is 10.2 Å². The van der Waals surface area contributed by atoms with Crippen molar-refractivity contribution < 1.29 is 33.7 Å². The van der Waals surface area contributed by atoms with Crippen LogP contribution in [0.3, 0.4) is 0 Å². The molecule has 0 saturated carbocycles. The second-order valence-corrected chi connectivity index (χ2v) is 21.3. The summed E-state index contributed by atoms with van der Waals surface area (Å²) in [5.41, 5.74) is 3.93. The van der Waals surface area contributed by atoms with Gasteiger partial charge in [-0.25, -0.2) is 0 Å². The third kappa shape index (κ3) is 6.84. The van der Waals surface area contributed by atoms with Gasteiger partial charge in [-0.3, -0.25) is 4.98 Å². The van der Waals surface area contributed by atoms with Gasteiger partial charge in [0.15, 0.2) is 8.32 Å². The molecule has 1 aromatic carbocycles. The van der Waals surface area contributed by atoms with E-state index in [1.165, 1.54) is 0 Å². The molecule has 0 bridgehead atoms. The molecule has 4 rings (SSSR count). The standard InChI is InChI=1S/C30H44F5NO3SSi/c1-19-25-23(17-30(5,6)18-24(25)39-41(7,8)29(2,3)4)36-27(20-13-15-38-16-14-20)26(19)28(37)21-9-11-22(12-10-21)40(31,32,33,34)35/h9-12,20,24,28,37H,13-18H2,1-8H3/t24-,28-/m0/s1. The van der Waals surface area contributed by atoms with Gasteiger partial charge in [0.2, 0.25) is 0 Å². The highest BCUT2D eigenvalue weighted by molar-refractivity contribution is 8.45. The number of ether oxygens (including phenoxy) is 1. The van der Waals surface area contributed by atoms with Crippen molar-refractivity contribution in [3.63, 3.8) is 0 Å². The van der Waals surface area contributed by atoms with E-state index in [4.69, 9.17) is 14.1 Å². The molecular weight excluding hydrogens is 577 g/mol. The number of halogens is 5. The SMILES string of the molecule is Cc1c([C@@H](O)c2ccc(S(F)(F)(F)(F)F)cc2)c(C2CCOCC2)nc2c1[C@@H](O[Si](C)(C)C(C)(C)C)CC(C)(C)C2. The molecule has 232 valence electrons. The summed E-state index contributed by atoms with van der Waals surface area (Å²) >= 11 is 0. The Bertz CT molecular complexity index is 1300. The second-order valence-electron chi connectivity index (χ2n) is 14.1. The summed E-state index contributed by atoms with van der Waals surface area (Å²) in [7, 11) is -12.1. The Morgan fingerprint density at radius 2 is 1.61 bits per heavy atom. The zero-order valence-corrected chi connectivity index (χ0v) is 27.1. The highest BCUT2D eigenvalue weighted by Crippen LogP contribution is 3.02. The quantitative estimate of drug-likeness (QED) is 0.258. The molecule has 1 aliphatic carbocycles. The number of aliphatic hydroxyl groups excluding tert-OH is 1. The minimum atomic E-state index is -9.84. The summed E-state index contributed by atoms with van der Waals surface area (Å²) in [5.74, 6) is -0.00818. The van der Waals surface area contributed by atoms with Gasteiger partial charge in [-0.2, -0.15) is 0 Å². The Labute approximate surface area is 241 Å². The molecule has 41 heavy (non-hydrogen) atoms. The molecule has 1 fully saturated rings. The van der Waals surface area contributed by atoms with E-state index in [2.05, 4.69) is 47.7 Å². The van der Waals surface area contributed by atoms with Crippen LogP contribution < -0.4 is 0 Å². The average molecular weight is 622 g/mol. The van der Waals surface area contributed by atoms with E-state index in [1.807, 2.05) is 6.92 Å². The van der Waals surface area contributed by atoms with Crippen molar-refractivity contribution in [2.75, 3.05) is 13.2 Å². The Balaban J connectivity index is 1.89. The normalized spacial score (nSPS) is 22.9. The maximum Gasteiger partial charge on any atom is 0.310 e. The fourth-order valence-corrected chi connectivity index (χ4v) is 7.76. The lowest BCUT2D eigenvalue weighted by Gasteiger charge is -2.45. The van der Waals surface area contributed by atoms with Crippen molar-refractivity contribution in [3.8, 4) is 0 Å². The maximum atomic E-state index is 13.4. The molecule has 0 spiro atoms. The summed E-state index contributed by atoms with van der Waals surface area (Å²) < 4.78 is 79.5. The predicted molar refractivity (Wildman–Crippen MR) is 157 cm³/mol. The molecule has 11 heteroatoms. The van der Waals surface area contributed by atoms with E-state index in [9.17, 15) is 24.5 Å². The first kappa shape index (κ1) is 32.4. The zero-order chi connectivity index (χ0) is 30.9. The lowest BCUT2D eigenvalue weighted by atomic mass is 9.72. The molecule has 2 aromatic rings. The van der Waals surface area contributed by atoms with Gasteiger partial charge in [-0.05, 0) is 79.4 Å². The maximum absolute atomic E-state index is 13.4. The number of aliphatic hydroxyl groups is 1. The molecule has 1 aliphatic heterocycles. The van der Waals surface area contributed by atoms with E-state index in [0.29, 0.717) is 49.4 Å². The minimum Gasteiger partial charge on any atom is -0.410 e. The van der Waals surface area contributed by atoms with Crippen molar-refractivity contribution >= 4 is 18.5 Å². The van der Waals surface area contributed by atoms with Crippen LogP contribution in [-0.4, -0.2) is 31.6 Å². The lowest BCUT2D eigenvalue weighted by Crippen LogP contribution is -2.44. The van der Waals surface area contributed by atoms with Crippen molar-refractivity contribution in [3.05, 3.63) is 57.9 Å². The van der Waals surface area contributed by atoms with Gasteiger partial charge in [0, 0.05) is 36.0 Å². The number of hydrogen-bond donors (Lipinski definition) is 1. The van der Waals surface area contributed by atoms with Gasteiger partial charge < -0.3 is 14.3 Å². The van der Waals surface area contributed by atoms with Crippen molar-refractivity contribution in [2.45, 2.75) is 108 Å². The number of nitrogens with zero attached hydrogens (tertiary/aromatic N) is 1. The van der Waals surface area contributed by atoms with Crippen LogP contribution in [-0.2, 0) is 15.6 Å². The highest BCUT2D eigenvalue weighted by Gasteiger charge is 2.65. The molecule has 1 aromatic heterocycles. The predicted octanol–water partition coefficient (Wildman–Crippen LogP) is 10.1. The molecule has 0 amide bonds. The van der Waals surface area contributed by atoms with Crippen LogP contribution in [0.15, 0.2) is 29.2 Å². The minimum absolute atomic E-state index is 0.00818. The summed E-state index contributed by atoms with van der Waals surface area (Å²) in [4.78, 5) is 3.21. The zero-order valence-electron chi connectivity index (χ0n) is 25.3. The largest absolute Gasteiger partial charge is 0.410 e. The third-order valence-electron chi connectivity index (χ3n) is 9.12. The first-order valence-corrected chi connectivity index (χ1v) is 19.1. The fraction of sp³-hybridized carbons (Fsp3) is 0.633. The molecule has 2 heterocycles. The van der Waals surface area contributed by atoms with E-state index in [-0.39, 0.29) is 28.0 Å². The van der Waals surface area contributed by atoms with Crippen LogP contribution in [0.1, 0.15) is 106 Å². The summed E-state index contributed by atoms with van der Waals surface area (Å²) in [6, 6.07) is 2.61. The smallest absolute Gasteiger partial charge is 0.310 e. The second kappa shape index (κ2) is 9.74. The van der Waals surface area contributed by atoms with Crippen LogP contribution in [0.25, 0.3) is 0 Å². The van der Waals surface area contributed by atoms with Crippen LogP contribution in [0.4, 0.5) is 19.4 Å². The molecule has 4 nitrogen and oxygen atoms in total. The highest BCUT2D eigenvalue weighted by atomic mass is 32.5. The van der Waals surface area contributed by atoms with E-state index in [0.717, 1.165) is 41.8 Å². The summed E-state index contributed by atoms with van der Waals surface area (Å²) in [5, 5.41) is 11.7. The monoisotopic (exact) mass is 621 g/mol. The Morgan fingerprint density at radius 3 is 2.12 bits per heavy atom. The molecule has 2 atom stereocenters. The summed E-state index contributed by atoms with van der Waals surface area (Å²) in [6.07, 6.45) is 1.28. The first-order valence-electron chi connectivity index (χ1n) is 14.2. The van der Waals surface area contributed by atoms with Gasteiger partial charge in [-0.1, -0.05) is 66.2 Å². The van der Waals surface area contributed by atoms with Crippen molar-refractivity contribution in [1.82, 2.24) is 4.98 Å². The first-order chi connectivity index (χ1) is 18.4. The van der Waals surface area contributed by atoms with Crippen LogP contribution >= 0.6 is 10.2 Å². The van der Waals surface area contributed by atoms with Crippen molar-refractivity contribution in [1.29, 1.82) is 0 Å². The van der Waals surface area contributed by atoms with Crippen LogP contribution in [0, 0.1) is 12.3 Å². The number of hydrogen-bond acceptors (Lipinski definition) is 4. The Kier molecular flexibility index (Phi) is 7.69. The molecule has 1 saturated heterocycles. The Morgan fingerprint density at radius 1 is 1.05 bits per heavy atom. The van der Waals surface area contributed by atoms with Crippen LogP contribution in [0.2, 0.25) is 18.1 Å². The molecular formula is C30H44F5NO3SSi. The van der Waals surface area contributed by atoms with E-state index >= 15 is 0 Å². The summed E-state index contributed by atoms with van der Waals surface area (Å²) in [6.45, 7) is 18.3. The fourth-order valence-electron chi connectivity index (χ4n) is 5.85. The molecule has 0 unspecified atom stereocenters. The molecule has 0 radical (unpaired) electrons. The lowest BCUT2D eigenvalue weighted by molar-refractivity contribution is 0.0827. The molecule has 2 aliphatic rings. The van der Waals surface area contributed by atoms with Gasteiger partial charge in [-0.15, -0.1) is 0 Å².